The summed E-state index contributed by atoms with van der Waals surface area (Å²) in [6, 6.07) is 3.53. The molecule has 6 nitrogen and oxygen atoms in total. The van der Waals surface area contributed by atoms with E-state index >= 15 is 0 Å². The number of carbonyl (C=O) groups is 1. The van der Waals surface area contributed by atoms with Gasteiger partial charge in [-0.25, -0.2) is 9.80 Å². The molecule has 1 aromatic rings. The first-order valence-corrected chi connectivity index (χ1v) is 10.9. The van der Waals surface area contributed by atoms with Crippen LogP contribution in [0.2, 0.25) is 0 Å². The number of thioether (sulfide) groups is 1. The Hall–Kier alpha value is -1.16. The zero-order chi connectivity index (χ0) is 18.7. The summed E-state index contributed by atoms with van der Waals surface area (Å²) in [5, 5.41) is 22.3. The van der Waals surface area contributed by atoms with Gasteiger partial charge in [0, 0.05) is 10.9 Å². The molecule has 0 bridgehead atoms. The van der Waals surface area contributed by atoms with Crippen molar-refractivity contribution in [2.45, 2.75) is 62.9 Å². The van der Waals surface area contributed by atoms with Crippen molar-refractivity contribution in [1.82, 2.24) is 15.4 Å². The fraction of sp³-hybridized carbons (Fsp3) is 0.588. The zero-order valence-corrected chi connectivity index (χ0v) is 17.4. The summed E-state index contributed by atoms with van der Waals surface area (Å²) in [7, 11) is 0. The maximum Gasteiger partial charge on any atom is 0.343 e. The molecule has 0 radical (unpaired) electrons. The Morgan fingerprint density at radius 2 is 2.19 bits per heavy atom. The predicted molar refractivity (Wildman–Crippen MR) is 111 cm³/mol. The molecule has 26 heavy (non-hydrogen) atoms. The summed E-state index contributed by atoms with van der Waals surface area (Å²) in [6.45, 7) is 3.90. The minimum Gasteiger partial charge on any atom is -0.333 e. The first-order valence-electron chi connectivity index (χ1n) is 8.77. The summed E-state index contributed by atoms with van der Waals surface area (Å²) < 4.78 is 0.0556. The lowest BCUT2D eigenvalue weighted by Gasteiger charge is -2.35. The molecule has 0 spiro atoms. The quantitative estimate of drug-likeness (QED) is 0.335. The molecular formula is C17H24N4O2S3. The Morgan fingerprint density at radius 3 is 2.85 bits per heavy atom. The van der Waals surface area contributed by atoms with Crippen molar-refractivity contribution in [2.24, 2.45) is 5.10 Å². The Balaban J connectivity index is 1.74. The summed E-state index contributed by atoms with van der Waals surface area (Å²) >= 11 is 8.44. The Bertz CT molecular complexity index is 672. The lowest BCUT2D eigenvalue weighted by atomic mass is 9.96. The lowest BCUT2D eigenvalue weighted by Crippen LogP contribution is -2.57. The van der Waals surface area contributed by atoms with Gasteiger partial charge in [-0.1, -0.05) is 49.3 Å². The number of hydrogen-bond donors (Lipinski definition) is 2. The molecule has 1 saturated carbocycles. The molecule has 3 rings (SSSR count). The SMILES string of the molecule is CC1(C)SC(=S)N(/N=C\c2cccs2)[C@H]1N(O)C(=O)NC1CCCCC1. The predicted octanol–water partition coefficient (Wildman–Crippen LogP) is 4.25. The van der Waals surface area contributed by atoms with E-state index in [9.17, 15) is 10.0 Å². The van der Waals surface area contributed by atoms with Crippen molar-refractivity contribution in [1.29, 1.82) is 0 Å². The first kappa shape index (κ1) is 19.6. The normalized spacial score (nSPS) is 23.6. The van der Waals surface area contributed by atoms with Gasteiger partial charge in [0.25, 0.3) is 0 Å². The first-order chi connectivity index (χ1) is 12.4. The van der Waals surface area contributed by atoms with Crippen molar-refractivity contribution in [3.8, 4) is 0 Å². The third-order valence-corrected chi connectivity index (χ3v) is 6.96. The van der Waals surface area contributed by atoms with Crippen LogP contribution in [0.4, 0.5) is 4.79 Å². The molecule has 2 aliphatic rings. The van der Waals surface area contributed by atoms with Crippen molar-refractivity contribution < 1.29 is 10.0 Å². The third-order valence-electron chi connectivity index (χ3n) is 4.62. The van der Waals surface area contributed by atoms with Crippen LogP contribution < -0.4 is 5.32 Å². The molecule has 1 saturated heterocycles. The van der Waals surface area contributed by atoms with Gasteiger partial charge in [0.2, 0.25) is 0 Å². The molecule has 9 heteroatoms. The summed E-state index contributed by atoms with van der Waals surface area (Å²) in [5.41, 5.74) is 0. The topological polar surface area (TPSA) is 68.2 Å². The Kier molecular flexibility index (Phi) is 6.21. The Labute approximate surface area is 167 Å². The second-order valence-electron chi connectivity index (χ2n) is 7.08. The number of nitrogens with one attached hydrogen (secondary N) is 1. The maximum atomic E-state index is 12.6. The fourth-order valence-corrected chi connectivity index (χ4v) is 5.68. The molecule has 2 N–H and O–H groups in total. The number of amides is 2. The van der Waals surface area contributed by atoms with Gasteiger partial charge in [-0.05, 0) is 38.1 Å². The highest BCUT2D eigenvalue weighted by Crippen LogP contribution is 2.42. The van der Waals surface area contributed by atoms with Gasteiger partial charge in [0.05, 0.1) is 11.0 Å². The highest BCUT2D eigenvalue weighted by atomic mass is 32.2. The van der Waals surface area contributed by atoms with E-state index in [0.717, 1.165) is 35.6 Å². The number of rotatable bonds is 4. The van der Waals surface area contributed by atoms with Crippen LogP contribution in [-0.2, 0) is 0 Å². The van der Waals surface area contributed by atoms with Crippen LogP contribution in [0.15, 0.2) is 22.6 Å². The van der Waals surface area contributed by atoms with Crippen LogP contribution in [-0.4, -0.2) is 48.8 Å². The second kappa shape index (κ2) is 8.24. The maximum absolute atomic E-state index is 12.6. The summed E-state index contributed by atoms with van der Waals surface area (Å²) in [4.78, 5) is 13.6. The molecule has 2 heterocycles. The molecule has 142 valence electrons. The van der Waals surface area contributed by atoms with E-state index in [-0.39, 0.29) is 6.04 Å². The number of urea groups is 1. The minimum absolute atomic E-state index is 0.123. The molecule has 0 aromatic carbocycles. The molecule has 2 amide bonds. The molecule has 1 aliphatic heterocycles. The van der Waals surface area contributed by atoms with E-state index in [4.69, 9.17) is 12.2 Å². The van der Waals surface area contributed by atoms with Crippen LogP contribution in [0.1, 0.15) is 50.8 Å². The number of hydrazone groups is 1. The highest BCUT2D eigenvalue weighted by Gasteiger charge is 2.50. The standard InChI is InChI=1S/C17H24N4O2S3/c1-17(2)14(21(23)15(22)19-12-7-4-3-5-8-12)20(16(24)26-17)18-11-13-9-6-10-25-13/h6,9-12,14,23H,3-5,7-8H2,1-2H3,(H,19,22)/b18-11-/t14-/m0/s1. The van der Waals surface area contributed by atoms with Crippen molar-refractivity contribution in [3.63, 3.8) is 0 Å². The van der Waals surface area contributed by atoms with E-state index < -0.39 is 16.9 Å². The van der Waals surface area contributed by atoms with E-state index in [1.54, 1.807) is 22.6 Å². The zero-order valence-electron chi connectivity index (χ0n) is 14.9. The van der Waals surface area contributed by atoms with E-state index in [1.165, 1.54) is 18.2 Å². The van der Waals surface area contributed by atoms with Gasteiger partial charge in [-0.3, -0.25) is 5.21 Å². The van der Waals surface area contributed by atoms with Gasteiger partial charge in [-0.15, -0.1) is 11.3 Å². The summed E-state index contributed by atoms with van der Waals surface area (Å²) in [5.74, 6) is 0. The van der Waals surface area contributed by atoms with Gasteiger partial charge in [0.1, 0.15) is 0 Å². The van der Waals surface area contributed by atoms with E-state index in [1.807, 2.05) is 31.4 Å². The van der Waals surface area contributed by atoms with Crippen LogP contribution >= 0.6 is 35.3 Å². The largest absolute Gasteiger partial charge is 0.343 e. The molecule has 0 unspecified atom stereocenters. The van der Waals surface area contributed by atoms with Gasteiger partial charge < -0.3 is 5.32 Å². The van der Waals surface area contributed by atoms with E-state index in [0.29, 0.717) is 4.32 Å². The number of hydroxylamine groups is 2. The highest BCUT2D eigenvalue weighted by molar-refractivity contribution is 8.24. The molecule has 1 aromatic heterocycles. The minimum atomic E-state index is -0.667. The fourth-order valence-electron chi connectivity index (χ4n) is 3.31. The smallest absolute Gasteiger partial charge is 0.333 e. The van der Waals surface area contributed by atoms with Gasteiger partial charge >= 0.3 is 6.03 Å². The average molecular weight is 413 g/mol. The monoisotopic (exact) mass is 412 g/mol. The molecule has 2 fully saturated rings. The lowest BCUT2D eigenvalue weighted by molar-refractivity contribution is -0.119. The van der Waals surface area contributed by atoms with Crippen molar-refractivity contribution in [2.75, 3.05) is 0 Å². The third kappa shape index (κ3) is 4.39. The van der Waals surface area contributed by atoms with Crippen LogP contribution in [0.25, 0.3) is 0 Å². The molecular weight excluding hydrogens is 388 g/mol. The van der Waals surface area contributed by atoms with Gasteiger partial charge in [0.15, 0.2) is 10.5 Å². The van der Waals surface area contributed by atoms with E-state index in [2.05, 4.69) is 10.4 Å². The molecule has 1 atom stereocenters. The second-order valence-corrected chi connectivity index (χ2v) is 10.3. The van der Waals surface area contributed by atoms with Crippen LogP contribution in [0.3, 0.4) is 0 Å². The number of hydrogen-bond acceptors (Lipinski definition) is 6. The van der Waals surface area contributed by atoms with Gasteiger partial charge in [-0.2, -0.15) is 10.2 Å². The average Bonchev–Trinajstić information content (AvgIpc) is 3.18. The van der Waals surface area contributed by atoms with Crippen LogP contribution in [0, 0.1) is 0 Å². The Morgan fingerprint density at radius 1 is 1.46 bits per heavy atom. The number of nitrogens with zero attached hydrogens (tertiary/aromatic N) is 3. The summed E-state index contributed by atoms with van der Waals surface area (Å²) in [6.07, 6.45) is 6.40. The van der Waals surface area contributed by atoms with Crippen molar-refractivity contribution in [3.05, 3.63) is 22.4 Å². The van der Waals surface area contributed by atoms with Crippen LogP contribution in [0.5, 0.6) is 0 Å². The number of carbonyl (C=O) groups excluding carboxylic acids is 1. The molecule has 1 aliphatic carbocycles. The number of thiocarbonyl (C=S) groups is 1. The van der Waals surface area contributed by atoms with Crippen molar-refractivity contribution >= 4 is 51.9 Å². The number of thiophene rings is 1.